The summed E-state index contributed by atoms with van der Waals surface area (Å²) in [7, 11) is -3.30. The predicted molar refractivity (Wildman–Crippen MR) is 105 cm³/mol. The lowest BCUT2D eigenvalue weighted by molar-refractivity contribution is -0.127. The van der Waals surface area contributed by atoms with Gasteiger partial charge in [0.05, 0.1) is 5.75 Å². The Kier molecular flexibility index (Phi) is 7.46. The number of hydrogen-bond donors (Lipinski definition) is 2. The largest absolute Gasteiger partial charge is 0.353 e. The van der Waals surface area contributed by atoms with Gasteiger partial charge in [0.2, 0.25) is 15.9 Å². The van der Waals surface area contributed by atoms with Crippen LogP contribution in [0.15, 0.2) is 30.3 Å². The molecule has 0 saturated carbocycles. The van der Waals surface area contributed by atoms with E-state index in [1.165, 1.54) is 0 Å². The molecule has 0 bridgehead atoms. The Hall–Kier alpha value is -1.15. The van der Waals surface area contributed by atoms with Gasteiger partial charge in [-0.15, -0.1) is 12.4 Å². The number of carbonyl (C=O) groups is 1. The van der Waals surface area contributed by atoms with Crippen LogP contribution in [0.5, 0.6) is 0 Å². The van der Waals surface area contributed by atoms with E-state index >= 15 is 0 Å². The van der Waals surface area contributed by atoms with Crippen molar-refractivity contribution >= 4 is 28.3 Å². The van der Waals surface area contributed by atoms with Crippen LogP contribution in [-0.4, -0.2) is 50.9 Å². The molecule has 0 aromatic heterocycles. The molecule has 0 spiro atoms. The van der Waals surface area contributed by atoms with Crippen LogP contribution in [0.4, 0.5) is 0 Å². The summed E-state index contributed by atoms with van der Waals surface area (Å²) in [5, 5.41) is 6.29. The fourth-order valence-electron chi connectivity index (χ4n) is 3.37. The van der Waals surface area contributed by atoms with Gasteiger partial charge in [0.1, 0.15) is 0 Å². The van der Waals surface area contributed by atoms with Gasteiger partial charge in [-0.05, 0) is 37.4 Å². The molecule has 1 amide bonds. The quantitative estimate of drug-likeness (QED) is 0.754. The second-order valence-corrected chi connectivity index (χ2v) is 9.10. The third kappa shape index (κ3) is 5.19. The lowest BCUT2D eigenvalue weighted by atomic mass is 9.88. The van der Waals surface area contributed by atoms with E-state index in [4.69, 9.17) is 0 Å². The first-order chi connectivity index (χ1) is 12.0. The Morgan fingerprint density at radius 2 is 1.85 bits per heavy atom. The highest BCUT2D eigenvalue weighted by Gasteiger charge is 2.32. The van der Waals surface area contributed by atoms with E-state index in [1.807, 2.05) is 37.3 Å². The van der Waals surface area contributed by atoms with E-state index in [2.05, 4.69) is 10.6 Å². The Labute approximate surface area is 162 Å². The molecule has 1 aromatic rings. The van der Waals surface area contributed by atoms with Crippen molar-refractivity contribution in [3.63, 3.8) is 0 Å². The van der Waals surface area contributed by atoms with Crippen LogP contribution in [0.25, 0.3) is 0 Å². The third-order valence-electron chi connectivity index (χ3n) is 5.32. The topological polar surface area (TPSA) is 78.5 Å². The van der Waals surface area contributed by atoms with Crippen molar-refractivity contribution in [2.45, 2.75) is 31.6 Å². The van der Waals surface area contributed by atoms with Crippen molar-refractivity contribution in [2.24, 2.45) is 11.8 Å². The first-order valence-corrected chi connectivity index (χ1v) is 10.6. The molecular weight excluding hydrogens is 374 g/mol. The minimum absolute atomic E-state index is 0. The molecule has 8 heteroatoms. The maximum atomic E-state index is 12.6. The number of sulfonamides is 1. The van der Waals surface area contributed by atoms with E-state index in [0.29, 0.717) is 31.8 Å². The standard InChI is InChI=1S/C18H27N3O3S.ClH/c1-14(16-11-19-12-16)18(22)20-17-7-9-21(10-8-17)25(23,24)13-15-5-3-2-4-6-15;/h2-6,14,16-17,19H,7-13H2,1H3,(H,20,22);1H. The van der Waals surface area contributed by atoms with E-state index in [-0.39, 0.29) is 36.0 Å². The number of nitrogens with zero attached hydrogens (tertiary/aromatic N) is 1. The first-order valence-electron chi connectivity index (χ1n) is 8.98. The zero-order valence-corrected chi connectivity index (χ0v) is 16.7. The Balaban J connectivity index is 0.00000243. The highest BCUT2D eigenvalue weighted by molar-refractivity contribution is 7.88. The summed E-state index contributed by atoms with van der Waals surface area (Å²) < 4.78 is 26.7. The van der Waals surface area contributed by atoms with Crippen molar-refractivity contribution in [1.82, 2.24) is 14.9 Å². The molecule has 2 fully saturated rings. The second-order valence-electron chi connectivity index (χ2n) is 7.13. The average Bonchev–Trinajstić information content (AvgIpc) is 2.54. The van der Waals surface area contributed by atoms with E-state index in [1.54, 1.807) is 4.31 Å². The summed E-state index contributed by atoms with van der Waals surface area (Å²) in [6, 6.07) is 9.33. The molecule has 2 N–H and O–H groups in total. The first kappa shape index (κ1) is 21.2. The average molecular weight is 402 g/mol. The summed E-state index contributed by atoms with van der Waals surface area (Å²) in [6.07, 6.45) is 1.35. The zero-order chi connectivity index (χ0) is 17.9. The lowest BCUT2D eigenvalue weighted by Gasteiger charge is -2.35. The van der Waals surface area contributed by atoms with Gasteiger partial charge >= 0.3 is 0 Å². The molecule has 6 nitrogen and oxygen atoms in total. The van der Waals surface area contributed by atoms with E-state index in [9.17, 15) is 13.2 Å². The fraction of sp³-hybridized carbons (Fsp3) is 0.611. The van der Waals surface area contributed by atoms with Crippen molar-refractivity contribution in [3.8, 4) is 0 Å². The summed E-state index contributed by atoms with van der Waals surface area (Å²) in [6.45, 7) is 4.73. The number of amides is 1. The normalized spacial score (nSPS) is 20.7. The third-order valence-corrected chi connectivity index (χ3v) is 7.17. The van der Waals surface area contributed by atoms with Crippen LogP contribution in [0.2, 0.25) is 0 Å². The highest BCUT2D eigenvalue weighted by atomic mass is 35.5. The number of benzene rings is 1. The van der Waals surface area contributed by atoms with Gasteiger partial charge in [0.25, 0.3) is 0 Å². The van der Waals surface area contributed by atoms with Gasteiger partial charge in [-0.3, -0.25) is 4.79 Å². The number of hydrogen-bond acceptors (Lipinski definition) is 4. The Morgan fingerprint density at radius 1 is 1.23 bits per heavy atom. The minimum atomic E-state index is -3.30. The number of piperidine rings is 1. The highest BCUT2D eigenvalue weighted by Crippen LogP contribution is 2.20. The van der Waals surface area contributed by atoms with Crippen molar-refractivity contribution in [1.29, 1.82) is 0 Å². The summed E-state index contributed by atoms with van der Waals surface area (Å²) in [4.78, 5) is 12.3. The van der Waals surface area contributed by atoms with Gasteiger partial charge in [-0.1, -0.05) is 37.3 Å². The number of halogens is 1. The fourth-order valence-corrected chi connectivity index (χ4v) is 4.93. The van der Waals surface area contributed by atoms with Crippen LogP contribution in [0.3, 0.4) is 0 Å². The predicted octanol–water partition coefficient (Wildman–Crippen LogP) is 1.37. The molecule has 1 atom stereocenters. The molecule has 0 radical (unpaired) electrons. The molecule has 2 aliphatic rings. The van der Waals surface area contributed by atoms with Crippen LogP contribution in [0, 0.1) is 11.8 Å². The smallest absolute Gasteiger partial charge is 0.223 e. The summed E-state index contributed by atoms with van der Waals surface area (Å²) >= 11 is 0. The number of carbonyl (C=O) groups excluding carboxylic acids is 1. The number of rotatable bonds is 6. The maximum Gasteiger partial charge on any atom is 0.223 e. The van der Waals surface area contributed by atoms with Gasteiger partial charge in [0.15, 0.2) is 0 Å². The van der Waals surface area contributed by atoms with Gasteiger partial charge < -0.3 is 10.6 Å². The zero-order valence-electron chi connectivity index (χ0n) is 15.1. The molecule has 2 aliphatic heterocycles. The molecule has 26 heavy (non-hydrogen) atoms. The summed E-state index contributed by atoms with van der Waals surface area (Å²) in [5.41, 5.74) is 0.806. The monoisotopic (exact) mass is 401 g/mol. The van der Waals surface area contributed by atoms with Crippen LogP contribution >= 0.6 is 12.4 Å². The Bertz CT molecular complexity index is 687. The Morgan fingerprint density at radius 3 is 2.38 bits per heavy atom. The molecule has 1 aromatic carbocycles. The van der Waals surface area contributed by atoms with E-state index < -0.39 is 10.0 Å². The van der Waals surface area contributed by atoms with E-state index in [0.717, 1.165) is 18.7 Å². The number of nitrogens with one attached hydrogen (secondary N) is 2. The van der Waals surface area contributed by atoms with Crippen LogP contribution in [-0.2, 0) is 20.6 Å². The SMILES string of the molecule is CC(C(=O)NC1CCN(S(=O)(=O)Cc2ccccc2)CC1)C1CNC1.Cl. The molecule has 1 unspecified atom stereocenters. The van der Waals surface area contributed by atoms with Gasteiger partial charge in [-0.25, -0.2) is 12.7 Å². The van der Waals surface area contributed by atoms with Crippen LogP contribution in [0.1, 0.15) is 25.3 Å². The second kappa shape index (κ2) is 9.17. The molecule has 2 heterocycles. The summed E-state index contributed by atoms with van der Waals surface area (Å²) in [5.74, 6) is 0.570. The van der Waals surface area contributed by atoms with Crippen molar-refractivity contribution in [3.05, 3.63) is 35.9 Å². The molecule has 0 aliphatic carbocycles. The maximum absolute atomic E-state index is 12.6. The molecule has 146 valence electrons. The van der Waals surface area contributed by atoms with Crippen molar-refractivity contribution < 1.29 is 13.2 Å². The molecule has 3 rings (SSSR count). The minimum Gasteiger partial charge on any atom is -0.353 e. The van der Waals surface area contributed by atoms with Gasteiger partial charge in [0, 0.05) is 25.0 Å². The lowest BCUT2D eigenvalue weighted by Crippen LogP contribution is -2.52. The van der Waals surface area contributed by atoms with Crippen LogP contribution < -0.4 is 10.6 Å². The molecular formula is C18H28ClN3O3S. The molecule has 2 saturated heterocycles. The van der Waals surface area contributed by atoms with Gasteiger partial charge in [-0.2, -0.15) is 0 Å². The van der Waals surface area contributed by atoms with Crippen molar-refractivity contribution in [2.75, 3.05) is 26.2 Å².